The van der Waals surface area contributed by atoms with Gasteiger partial charge in [0.25, 0.3) is 0 Å². The second-order valence-electron chi connectivity index (χ2n) is 5.77. The molecule has 0 unspecified atom stereocenters. The van der Waals surface area contributed by atoms with Crippen LogP contribution in [0, 0.1) is 0 Å². The average molecular weight is 389 g/mol. The summed E-state index contributed by atoms with van der Waals surface area (Å²) in [6.45, 7) is 0.0413. The quantitative estimate of drug-likeness (QED) is 0.667. The summed E-state index contributed by atoms with van der Waals surface area (Å²) in [7, 11) is 4.08. The topological polar surface area (TPSA) is 103 Å². The van der Waals surface area contributed by atoms with Crippen LogP contribution in [0.25, 0.3) is 0 Å². The summed E-state index contributed by atoms with van der Waals surface area (Å²) in [5, 5.41) is 12.8. The van der Waals surface area contributed by atoms with E-state index < -0.39 is 24.2 Å². The second-order valence-corrected chi connectivity index (χ2v) is 5.77. The van der Waals surface area contributed by atoms with E-state index in [0.29, 0.717) is 17.1 Å². The molecule has 2 aromatic carbocycles. The van der Waals surface area contributed by atoms with E-state index in [1.54, 1.807) is 18.2 Å². The van der Waals surface area contributed by atoms with Gasteiger partial charge in [0.05, 0.1) is 27.4 Å². The first-order valence-corrected chi connectivity index (χ1v) is 8.45. The normalized spacial score (nSPS) is 12.4. The van der Waals surface area contributed by atoms with Gasteiger partial charge in [-0.15, -0.1) is 0 Å². The zero-order chi connectivity index (χ0) is 20.5. The summed E-state index contributed by atoms with van der Waals surface area (Å²) in [5.74, 6) is -0.0612. The molecule has 0 bridgehead atoms. The number of rotatable bonds is 8. The fourth-order valence-corrected chi connectivity index (χ4v) is 2.54. The van der Waals surface area contributed by atoms with Crippen molar-refractivity contribution in [3.63, 3.8) is 0 Å². The zero-order valence-electron chi connectivity index (χ0n) is 15.9. The Balaban J connectivity index is 2.19. The zero-order valence-corrected chi connectivity index (χ0v) is 15.9. The number of aliphatic hydroxyl groups excluding tert-OH is 1. The van der Waals surface area contributed by atoms with Gasteiger partial charge in [-0.25, -0.2) is 9.59 Å². The Morgan fingerprint density at radius 2 is 1.68 bits per heavy atom. The summed E-state index contributed by atoms with van der Waals surface area (Å²) >= 11 is 0. The van der Waals surface area contributed by atoms with Crippen LogP contribution in [0.5, 0.6) is 11.5 Å². The van der Waals surface area contributed by atoms with Crippen LogP contribution in [0.4, 0.5) is 4.79 Å². The number of esters is 1. The molecule has 0 saturated carbocycles. The molecule has 28 heavy (non-hydrogen) atoms. The van der Waals surface area contributed by atoms with Crippen LogP contribution in [-0.4, -0.2) is 44.6 Å². The number of ether oxygens (including phenoxy) is 4. The summed E-state index contributed by atoms with van der Waals surface area (Å²) in [6, 6.07) is 12.7. The number of aliphatic hydroxyl groups is 1. The molecule has 0 heterocycles. The van der Waals surface area contributed by atoms with Crippen LogP contribution in [-0.2, 0) is 20.9 Å². The number of hydrogen-bond acceptors (Lipinski definition) is 7. The molecule has 0 fully saturated rings. The van der Waals surface area contributed by atoms with Gasteiger partial charge in [0.2, 0.25) is 0 Å². The summed E-state index contributed by atoms with van der Waals surface area (Å²) < 4.78 is 20.2. The molecule has 0 radical (unpaired) electrons. The van der Waals surface area contributed by atoms with Crippen molar-refractivity contribution in [2.75, 3.05) is 21.3 Å². The van der Waals surface area contributed by atoms with Crippen molar-refractivity contribution in [3.8, 4) is 11.5 Å². The lowest BCUT2D eigenvalue weighted by molar-refractivity contribution is -0.152. The molecular weight excluding hydrogens is 366 g/mol. The minimum Gasteiger partial charge on any atom is -0.493 e. The number of hydrogen-bond donors (Lipinski definition) is 2. The Hall–Kier alpha value is -3.26. The van der Waals surface area contributed by atoms with Crippen LogP contribution in [0.1, 0.15) is 17.2 Å². The molecular formula is C20H23NO7. The van der Waals surface area contributed by atoms with E-state index in [0.717, 1.165) is 12.7 Å². The van der Waals surface area contributed by atoms with E-state index in [2.05, 4.69) is 10.1 Å². The van der Waals surface area contributed by atoms with Crippen molar-refractivity contribution in [2.24, 2.45) is 0 Å². The van der Waals surface area contributed by atoms with Crippen molar-refractivity contribution in [3.05, 3.63) is 59.7 Å². The third-order valence-corrected chi connectivity index (χ3v) is 4.01. The van der Waals surface area contributed by atoms with Gasteiger partial charge in [-0.2, -0.15) is 0 Å². The van der Waals surface area contributed by atoms with Crippen LogP contribution in [0.2, 0.25) is 0 Å². The average Bonchev–Trinajstić information content (AvgIpc) is 2.75. The van der Waals surface area contributed by atoms with E-state index in [-0.39, 0.29) is 6.61 Å². The predicted molar refractivity (Wildman–Crippen MR) is 100 cm³/mol. The number of benzene rings is 2. The number of nitrogens with one attached hydrogen (secondary N) is 1. The van der Waals surface area contributed by atoms with Crippen molar-refractivity contribution < 1.29 is 33.6 Å². The standard InChI is InChI=1S/C20H23NO7/c1-25-15-10-9-14(11-16(15)26-2)17(18(22)19(23)27-3)21-20(24)28-12-13-7-5-4-6-8-13/h4-11,17-18,22H,12H2,1-3H3,(H,21,24)/t17-,18+/m1/s1. The first-order valence-electron chi connectivity index (χ1n) is 8.45. The molecule has 8 nitrogen and oxygen atoms in total. The van der Waals surface area contributed by atoms with Crippen LogP contribution in [0.3, 0.4) is 0 Å². The summed E-state index contributed by atoms with van der Waals surface area (Å²) in [6.07, 6.45) is -2.45. The smallest absolute Gasteiger partial charge is 0.408 e. The van der Waals surface area contributed by atoms with Gasteiger partial charge in [-0.3, -0.25) is 0 Å². The van der Waals surface area contributed by atoms with Crippen LogP contribution in [0.15, 0.2) is 48.5 Å². The van der Waals surface area contributed by atoms with Crippen molar-refractivity contribution in [2.45, 2.75) is 18.8 Å². The minimum atomic E-state index is -1.65. The van der Waals surface area contributed by atoms with Gasteiger partial charge in [-0.1, -0.05) is 36.4 Å². The maximum absolute atomic E-state index is 12.2. The maximum Gasteiger partial charge on any atom is 0.408 e. The summed E-state index contributed by atoms with van der Waals surface area (Å²) in [5.41, 5.74) is 1.21. The lowest BCUT2D eigenvalue weighted by Gasteiger charge is -2.23. The van der Waals surface area contributed by atoms with Gasteiger partial charge in [0, 0.05) is 0 Å². The Kier molecular flexibility index (Phi) is 7.65. The first-order chi connectivity index (χ1) is 13.5. The van der Waals surface area contributed by atoms with Crippen LogP contribution >= 0.6 is 0 Å². The molecule has 0 spiro atoms. The molecule has 1 amide bonds. The Morgan fingerprint density at radius 3 is 2.29 bits per heavy atom. The number of methoxy groups -OCH3 is 3. The van der Waals surface area contributed by atoms with E-state index in [9.17, 15) is 14.7 Å². The monoisotopic (exact) mass is 389 g/mol. The predicted octanol–water partition coefficient (Wildman–Crippen LogP) is 2.21. The fraction of sp³-hybridized carbons (Fsp3) is 0.300. The minimum absolute atomic E-state index is 0.0413. The van der Waals surface area contributed by atoms with Gasteiger partial charge in [-0.05, 0) is 23.3 Å². The Labute approximate surface area is 163 Å². The maximum atomic E-state index is 12.2. The van der Waals surface area contributed by atoms with Crippen molar-refractivity contribution >= 4 is 12.1 Å². The molecule has 150 valence electrons. The highest BCUT2D eigenvalue weighted by molar-refractivity contribution is 5.77. The fourth-order valence-electron chi connectivity index (χ4n) is 2.54. The molecule has 0 aromatic heterocycles. The highest BCUT2D eigenvalue weighted by Gasteiger charge is 2.31. The molecule has 0 aliphatic rings. The lowest BCUT2D eigenvalue weighted by atomic mass is 10.0. The number of alkyl carbamates (subject to hydrolysis) is 1. The lowest BCUT2D eigenvalue weighted by Crippen LogP contribution is -2.41. The molecule has 0 aliphatic carbocycles. The van der Waals surface area contributed by atoms with Crippen molar-refractivity contribution in [1.29, 1.82) is 0 Å². The Bertz CT molecular complexity index is 794. The molecule has 2 atom stereocenters. The van der Waals surface area contributed by atoms with E-state index in [1.165, 1.54) is 14.2 Å². The SMILES string of the molecule is COC(=O)[C@@H](O)[C@H](NC(=O)OCc1ccccc1)c1ccc(OC)c(OC)c1. The number of carbonyl (C=O) groups excluding carboxylic acids is 2. The van der Waals surface area contributed by atoms with Gasteiger partial charge in [0.1, 0.15) is 6.61 Å². The molecule has 0 saturated heterocycles. The van der Waals surface area contributed by atoms with Gasteiger partial charge in [0.15, 0.2) is 17.6 Å². The highest BCUT2D eigenvalue weighted by atomic mass is 16.6. The number of amides is 1. The molecule has 2 rings (SSSR count). The van der Waals surface area contributed by atoms with E-state index >= 15 is 0 Å². The van der Waals surface area contributed by atoms with E-state index in [4.69, 9.17) is 14.2 Å². The third-order valence-electron chi connectivity index (χ3n) is 4.01. The highest BCUT2D eigenvalue weighted by Crippen LogP contribution is 2.31. The summed E-state index contributed by atoms with van der Waals surface area (Å²) in [4.78, 5) is 24.1. The largest absolute Gasteiger partial charge is 0.493 e. The van der Waals surface area contributed by atoms with Gasteiger partial charge >= 0.3 is 12.1 Å². The van der Waals surface area contributed by atoms with Gasteiger partial charge < -0.3 is 29.4 Å². The Morgan fingerprint density at radius 1 is 1.00 bits per heavy atom. The molecule has 0 aliphatic heterocycles. The first kappa shape index (κ1) is 21.0. The third kappa shape index (κ3) is 5.37. The second kappa shape index (κ2) is 10.2. The number of carbonyl (C=O) groups is 2. The molecule has 2 N–H and O–H groups in total. The molecule has 8 heteroatoms. The molecule has 2 aromatic rings. The van der Waals surface area contributed by atoms with Crippen molar-refractivity contribution in [1.82, 2.24) is 5.32 Å². The van der Waals surface area contributed by atoms with E-state index in [1.807, 2.05) is 30.3 Å². The van der Waals surface area contributed by atoms with Crippen LogP contribution < -0.4 is 14.8 Å².